The van der Waals surface area contributed by atoms with Gasteiger partial charge in [-0.2, -0.15) is 5.10 Å². The van der Waals surface area contributed by atoms with Crippen molar-refractivity contribution in [2.75, 3.05) is 0 Å². The summed E-state index contributed by atoms with van der Waals surface area (Å²) < 4.78 is 1.92. The van der Waals surface area contributed by atoms with Crippen molar-refractivity contribution in [1.29, 1.82) is 0 Å². The van der Waals surface area contributed by atoms with E-state index in [9.17, 15) is 4.79 Å². The molecule has 0 aromatic carbocycles. The summed E-state index contributed by atoms with van der Waals surface area (Å²) in [6.45, 7) is 5.57. The molecule has 2 aliphatic rings. The predicted molar refractivity (Wildman–Crippen MR) is 78.0 cm³/mol. The van der Waals surface area contributed by atoms with Gasteiger partial charge >= 0.3 is 0 Å². The average Bonchev–Trinajstić information content (AvgIpc) is 3.11. The van der Waals surface area contributed by atoms with Gasteiger partial charge in [-0.25, -0.2) is 0 Å². The highest BCUT2D eigenvalue weighted by Gasteiger charge is 2.39. The van der Waals surface area contributed by atoms with Crippen LogP contribution < -0.4 is 5.32 Å². The van der Waals surface area contributed by atoms with Gasteiger partial charge in [0.1, 0.15) is 0 Å². The molecule has 0 spiro atoms. The second kappa shape index (κ2) is 5.58. The van der Waals surface area contributed by atoms with Gasteiger partial charge in [0, 0.05) is 31.3 Å². The Balaban J connectivity index is 1.48. The molecule has 3 rings (SSSR count). The fourth-order valence-corrected chi connectivity index (χ4v) is 4.03. The van der Waals surface area contributed by atoms with E-state index < -0.39 is 0 Å². The van der Waals surface area contributed by atoms with E-state index in [-0.39, 0.29) is 5.91 Å². The first kappa shape index (κ1) is 13.7. The summed E-state index contributed by atoms with van der Waals surface area (Å²) >= 11 is 0. The molecule has 2 bridgehead atoms. The Morgan fingerprint density at radius 3 is 2.90 bits per heavy atom. The number of nitrogens with one attached hydrogen (secondary N) is 1. The van der Waals surface area contributed by atoms with Crippen LogP contribution in [0.15, 0.2) is 6.20 Å². The summed E-state index contributed by atoms with van der Waals surface area (Å²) in [5.41, 5.74) is 2.15. The number of rotatable bonds is 5. The minimum absolute atomic E-state index is 0.214. The molecule has 0 saturated heterocycles. The van der Waals surface area contributed by atoms with E-state index in [1.807, 2.05) is 17.8 Å². The van der Waals surface area contributed by atoms with E-state index in [2.05, 4.69) is 17.3 Å². The predicted octanol–water partition coefficient (Wildman–Crippen LogP) is 2.65. The van der Waals surface area contributed by atoms with Crippen molar-refractivity contribution in [3.05, 3.63) is 17.5 Å². The first-order valence-corrected chi connectivity index (χ1v) is 7.95. The monoisotopic (exact) mass is 275 g/mol. The molecule has 1 aromatic rings. The fourth-order valence-electron chi connectivity index (χ4n) is 4.03. The minimum Gasteiger partial charge on any atom is -0.352 e. The van der Waals surface area contributed by atoms with Crippen LogP contribution in [0.5, 0.6) is 0 Å². The summed E-state index contributed by atoms with van der Waals surface area (Å²) in [6, 6.07) is 0. The third-order valence-electron chi connectivity index (χ3n) is 5.18. The van der Waals surface area contributed by atoms with Crippen LogP contribution in [0.2, 0.25) is 0 Å². The van der Waals surface area contributed by atoms with Gasteiger partial charge < -0.3 is 5.32 Å². The topological polar surface area (TPSA) is 46.9 Å². The van der Waals surface area contributed by atoms with Crippen molar-refractivity contribution in [2.45, 2.75) is 59.0 Å². The molecule has 1 N–H and O–H groups in total. The maximum Gasteiger partial charge on any atom is 0.220 e. The summed E-state index contributed by atoms with van der Waals surface area (Å²) in [5, 5.41) is 7.48. The number of carbonyl (C=O) groups is 1. The summed E-state index contributed by atoms with van der Waals surface area (Å²) in [6.07, 6.45) is 8.17. The Labute approximate surface area is 120 Å². The molecule has 20 heavy (non-hydrogen) atoms. The maximum absolute atomic E-state index is 12.1. The minimum atomic E-state index is 0.214. The number of carbonyl (C=O) groups excluding carboxylic acids is 1. The Morgan fingerprint density at radius 1 is 1.45 bits per heavy atom. The zero-order valence-electron chi connectivity index (χ0n) is 12.6. The molecular weight excluding hydrogens is 250 g/mol. The van der Waals surface area contributed by atoms with Gasteiger partial charge in [-0.3, -0.25) is 9.48 Å². The third-order valence-corrected chi connectivity index (χ3v) is 5.18. The zero-order chi connectivity index (χ0) is 14.1. The van der Waals surface area contributed by atoms with Crippen molar-refractivity contribution < 1.29 is 4.79 Å². The quantitative estimate of drug-likeness (QED) is 0.898. The van der Waals surface area contributed by atoms with Gasteiger partial charge in [0.15, 0.2) is 0 Å². The highest BCUT2D eigenvalue weighted by molar-refractivity contribution is 5.76. The second-order valence-corrected chi connectivity index (χ2v) is 6.51. The Morgan fingerprint density at radius 2 is 2.30 bits per heavy atom. The largest absolute Gasteiger partial charge is 0.352 e. The van der Waals surface area contributed by atoms with E-state index in [0.717, 1.165) is 36.1 Å². The Hall–Kier alpha value is -1.32. The number of aromatic nitrogens is 2. The van der Waals surface area contributed by atoms with Crippen molar-refractivity contribution in [2.24, 2.45) is 17.8 Å². The summed E-state index contributed by atoms with van der Waals surface area (Å²) in [4.78, 5) is 12.1. The van der Waals surface area contributed by atoms with E-state index in [1.165, 1.54) is 25.7 Å². The van der Waals surface area contributed by atoms with Gasteiger partial charge in [0.2, 0.25) is 5.91 Å². The first-order chi connectivity index (χ1) is 9.65. The van der Waals surface area contributed by atoms with E-state index >= 15 is 0 Å². The fraction of sp³-hybridized carbons (Fsp3) is 0.750. The molecule has 1 heterocycles. The number of hydrogen-bond donors (Lipinski definition) is 1. The number of aryl methyl sites for hydroxylation is 2. The molecular formula is C16H25N3O. The Bertz CT molecular complexity index is 494. The molecule has 3 atom stereocenters. The van der Waals surface area contributed by atoms with Crippen LogP contribution in [0.4, 0.5) is 0 Å². The van der Waals surface area contributed by atoms with Crippen LogP contribution in [0, 0.1) is 24.7 Å². The van der Waals surface area contributed by atoms with E-state index in [4.69, 9.17) is 0 Å². The Kier molecular flexibility index (Phi) is 3.81. The normalized spacial score (nSPS) is 28.0. The molecule has 1 aromatic heterocycles. The molecule has 4 heteroatoms. The van der Waals surface area contributed by atoms with Crippen LogP contribution in [-0.4, -0.2) is 15.7 Å². The second-order valence-electron chi connectivity index (χ2n) is 6.51. The third kappa shape index (κ3) is 2.74. The molecule has 3 unspecified atom stereocenters. The highest BCUT2D eigenvalue weighted by Crippen LogP contribution is 2.49. The molecule has 2 aliphatic carbocycles. The number of nitrogens with zero attached hydrogens (tertiary/aromatic N) is 2. The maximum atomic E-state index is 12.1. The lowest BCUT2D eigenvalue weighted by Gasteiger charge is -2.20. The number of amides is 1. The van der Waals surface area contributed by atoms with Crippen molar-refractivity contribution in [3.8, 4) is 0 Å². The summed E-state index contributed by atoms with van der Waals surface area (Å²) in [7, 11) is 0. The highest BCUT2D eigenvalue weighted by atomic mass is 16.1. The zero-order valence-corrected chi connectivity index (χ0v) is 12.6. The first-order valence-electron chi connectivity index (χ1n) is 7.95. The molecule has 0 radical (unpaired) electrons. The molecule has 1 amide bonds. The lowest BCUT2D eigenvalue weighted by Crippen LogP contribution is -2.27. The summed E-state index contributed by atoms with van der Waals surface area (Å²) in [5.74, 6) is 2.61. The lowest BCUT2D eigenvalue weighted by molar-refractivity contribution is -0.122. The van der Waals surface area contributed by atoms with E-state index in [0.29, 0.717) is 12.5 Å². The van der Waals surface area contributed by atoms with Gasteiger partial charge in [-0.15, -0.1) is 0 Å². The van der Waals surface area contributed by atoms with Crippen molar-refractivity contribution in [1.82, 2.24) is 15.1 Å². The van der Waals surface area contributed by atoms with Gasteiger partial charge in [-0.1, -0.05) is 6.42 Å². The van der Waals surface area contributed by atoms with Crippen molar-refractivity contribution in [3.63, 3.8) is 0 Å². The standard InChI is InChI=1S/C16H25N3O/c1-3-19-10-15(11(2)18-19)9-17-16(20)8-14-7-12-4-5-13(14)6-12/h10,12-14H,3-9H2,1-2H3,(H,17,20). The van der Waals surface area contributed by atoms with Crippen LogP contribution in [0.3, 0.4) is 0 Å². The molecule has 0 aliphatic heterocycles. The molecule has 4 nitrogen and oxygen atoms in total. The number of hydrogen-bond acceptors (Lipinski definition) is 2. The smallest absolute Gasteiger partial charge is 0.220 e. The molecule has 2 fully saturated rings. The lowest BCUT2D eigenvalue weighted by atomic mass is 9.86. The van der Waals surface area contributed by atoms with Gasteiger partial charge in [-0.05, 0) is 50.9 Å². The average molecular weight is 275 g/mol. The van der Waals surface area contributed by atoms with Crippen molar-refractivity contribution >= 4 is 5.91 Å². The van der Waals surface area contributed by atoms with Crippen LogP contribution >= 0.6 is 0 Å². The van der Waals surface area contributed by atoms with Gasteiger partial charge in [0.25, 0.3) is 0 Å². The van der Waals surface area contributed by atoms with E-state index in [1.54, 1.807) is 0 Å². The van der Waals surface area contributed by atoms with Crippen LogP contribution in [-0.2, 0) is 17.9 Å². The van der Waals surface area contributed by atoms with Crippen LogP contribution in [0.25, 0.3) is 0 Å². The van der Waals surface area contributed by atoms with Gasteiger partial charge in [0.05, 0.1) is 5.69 Å². The molecule has 2 saturated carbocycles. The SMILES string of the molecule is CCn1cc(CNC(=O)CC2CC3CCC2C3)c(C)n1. The molecule has 110 valence electrons. The van der Waals surface area contributed by atoms with Crippen LogP contribution in [0.1, 0.15) is 50.3 Å². The number of fused-ring (bicyclic) bond motifs is 2.